The zero-order chi connectivity index (χ0) is 12.6. The highest BCUT2D eigenvalue weighted by Gasteiger charge is 2.35. The van der Waals surface area contributed by atoms with Gasteiger partial charge in [-0.2, -0.15) is 4.31 Å². The van der Waals surface area contributed by atoms with Crippen LogP contribution in [0, 0.1) is 5.92 Å². The lowest BCUT2D eigenvalue weighted by molar-refractivity contribution is 0.466. The summed E-state index contributed by atoms with van der Waals surface area (Å²) in [5.41, 5.74) is 5.87. The van der Waals surface area contributed by atoms with Crippen molar-refractivity contribution in [3.63, 3.8) is 0 Å². The molecule has 7 heteroatoms. The van der Waals surface area contributed by atoms with E-state index in [1.165, 1.54) is 15.6 Å². The molecular weight excluding hydrogens is 292 g/mol. The Balaban J connectivity index is 0.00000162. The number of sulfonamides is 1. The lowest BCUT2D eigenvalue weighted by Gasteiger charge is -2.14. The third-order valence-corrected chi connectivity index (χ3v) is 6.75. The maximum atomic E-state index is 12.3. The van der Waals surface area contributed by atoms with E-state index in [0.717, 1.165) is 11.3 Å². The predicted molar refractivity (Wildman–Crippen MR) is 76.8 cm³/mol. The molecule has 2 atom stereocenters. The number of rotatable bonds is 3. The number of nitrogens with two attached hydrogens (primary N) is 1. The normalized spacial score (nSPS) is 25.1. The molecule has 0 spiro atoms. The molecule has 4 nitrogen and oxygen atoms in total. The minimum Gasteiger partial charge on any atom is -0.326 e. The third-order valence-electron chi connectivity index (χ3n) is 3.22. The molecule has 1 aliphatic heterocycles. The van der Waals surface area contributed by atoms with E-state index in [4.69, 9.17) is 5.73 Å². The fourth-order valence-electron chi connectivity index (χ4n) is 1.96. The van der Waals surface area contributed by atoms with Crippen LogP contribution < -0.4 is 5.73 Å². The SMILES string of the molecule is CCc1ccc(S(=O)(=O)N2CC(C)C(N)C2)s1.Cl. The van der Waals surface area contributed by atoms with Crippen LogP contribution in [0.25, 0.3) is 0 Å². The van der Waals surface area contributed by atoms with Crippen LogP contribution in [-0.2, 0) is 16.4 Å². The van der Waals surface area contributed by atoms with Crippen molar-refractivity contribution in [2.24, 2.45) is 11.7 Å². The van der Waals surface area contributed by atoms with E-state index in [-0.39, 0.29) is 24.4 Å². The van der Waals surface area contributed by atoms with Crippen molar-refractivity contribution in [1.29, 1.82) is 0 Å². The Morgan fingerprint density at radius 3 is 2.56 bits per heavy atom. The average Bonchev–Trinajstić information content (AvgIpc) is 2.87. The molecule has 18 heavy (non-hydrogen) atoms. The minimum absolute atomic E-state index is 0. The fraction of sp³-hybridized carbons (Fsp3) is 0.636. The molecule has 0 amide bonds. The number of thiophene rings is 1. The number of nitrogens with zero attached hydrogens (tertiary/aromatic N) is 1. The van der Waals surface area contributed by atoms with E-state index < -0.39 is 10.0 Å². The first kappa shape index (κ1) is 15.9. The smallest absolute Gasteiger partial charge is 0.252 e. The van der Waals surface area contributed by atoms with Crippen LogP contribution in [0.3, 0.4) is 0 Å². The van der Waals surface area contributed by atoms with Crippen LogP contribution in [0.2, 0.25) is 0 Å². The van der Waals surface area contributed by atoms with Gasteiger partial charge < -0.3 is 5.73 Å². The zero-order valence-corrected chi connectivity index (χ0v) is 12.9. The Morgan fingerprint density at radius 2 is 2.11 bits per heavy atom. The third kappa shape index (κ3) is 2.88. The second kappa shape index (κ2) is 5.88. The largest absolute Gasteiger partial charge is 0.326 e. The fourth-order valence-corrected chi connectivity index (χ4v) is 4.98. The molecule has 1 saturated heterocycles. The predicted octanol–water partition coefficient (Wildman–Crippen LogP) is 1.70. The molecule has 2 N–H and O–H groups in total. The van der Waals surface area contributed by atoms with Crippen molar-refractivity contribution >= 4 is 33.8 Å². The quantitative estimate of drug-likeness (QED) is 0.924. The molecule has 1 fully saturated rings. The number of halogens is 1. The van der Waals surface area contributed by atoms with Crippen molar-refractivity contribution in [1.82, 2.24) is 4.31 Å². The number of hydrogen-bond donors (Lipinski definition) is 1. The first-order valence-electron chi connectivity index (χ1n) is 5.79. The van der Waals surface area contributed by atoms with E-state index in [9.17, 15) is 8.42 Å². The first-order chi connectivity index (χ1) is 7.95. The second-order valence-electron chi connectivity index (χ2n) is 4.54. The summed E-state index contributed by atoms with van der Waals surface area (Å²) in [6.45, 7) is 4.98. The maximum Gasteiger partial charge on any atom is 0.252 e. The standard InChI is InChI=1S/C11H18N2O2S2.ClH/c1-3-9-4-5-11(16-9)17(14,15)13-6-8(2)10(12)7-13;/h4-5,8,10H,3,6-7,12H2,1-2H3;1H. The summed E-state index contributed by atoms with van der Waals surface area (Å²) < 4.78 is 26.6. The molecule has 2 heterocycles. The lowest BCUT2D eigenvalue weighted by atomic mass is 10.1. The van der Waals surface area contributed by atoms with Gasteiger partial charge in [0.1, 0.15) is 4.21 Å². The maximum absolute atomic E-state index is 12.3. The van der Waals surface area contributed by atoms with Crippen LogP contribution in [0.15, 0.2) is 16.3 Å². The number of hydrogen-bond acceptors (Lipinski definition) is 4. The topological polar surface area (TPSA) is 63.4 Å². The van der Waals surface area contributed by atoms with Gasteiger partial charge in [0, 0.05) is 24.0 Å². The molecule has 2 unspecified atom stereocenters. The van der Waals surface area contributed by atoms with Crippen LogP contribution in [0.4, 0.5) is 0 Å². The molecule has 104 valence electrons. The van der Waals surface area contributed by atoms with Gasteiger partial charge in [-0.05, 0) is 24.5 Å². The van der Waals surface area contributed by atoms with Gasteiger partial charge in [-0.15, -0.1) is 23.7 Å². The molecule has 1 aliphatic rings. The highest BCUT2D eigenvalue weighted by molar-refractivity contribution is 7.91. The Labute approximate surface area is 119 Å². The van der Waals surface area contributed by atoms with Crippen molar-refractivity contribution in [3.05, 3.63) is 17.0 Å². The Bertz CT molecular complexity index is 491. The van der Waals surface area contributed by atoms with Gasteiger partial charge in [-0.3, -0.25) is 0 Å². The Kier molecular flexibility index (Phi) is 5.20. The molecule has 1 aromatic heterocycles. The minimum atomic E-state index is -3.32. The summed E-state index contributed by atoms with van der Waals surface area (Å²) in [5, 5.41) is 0. The van der Waals surface area contributed by atoms with Crippen LogP contribution >= 0.6 is 23.7 Å². The van der Waals surface area contributed by atoms with Crippen LogP contribution in [0.5, 0.6) is 0 Å². The average molecular weight is 311 g/mol. The first-order valence-corrected chi connectivity index (χ1v) is 8.05. The van der Waals surface area contributed by atoms with E-state index >= 15 is 0 Å². The van der Waals surface area contributed by atoms with Gasteiger partial charge in [-0.1, -0.05) is 13.8 Å². The lowest BCUT2D eigenvalue weighted by Crippen LogP contribution is -2.31. The zero-order valence-electron chi connectivity index (χ0n) is 10.5. The second-order valence-corrected chi connectivity index (χ2v) is 7.87. The summed E-state index contributed by atoms with van der Waals surface area (Å²) >= 11 is 1.36. The summed E-state index contributed by atoms with van der Waals surface area (Å²) in [7, 11) is -3.32. The van der Waals surface area contributed by atoms with Crippen molar-refractivity contribution in [2.75, 3.05) is 13.1 Å². The molecule has 1 aromatic rings. The monoisotopic (exact) mass is 310 g/mol. The molecule has 0 radical (unpaired) electrons. The summed E-state index contributed by atoms with van der Waals surface area (Å²) in [4.78, 5) is 1.10. The van der Waals surface area contributed by atoms with Gasteiger partial charge in [0.15, 0.2) is 0 Å². The van der Waals surface area contributed by atoms with Gasteiger partial charge >= 0.3 is 0 Å². The van der Waals surface area contributed by atoms with Crippen molar-refractivity contribution < 1.29 is 8.42 Å². The summed E-state index contributed by atoms with van der Waals surface area (Å²) in [6.07, 6.45) is 0.871. The highest BCUT2D eigenvalue weighted by atomic mass is 35.5. The Morgan fingerprint density at radius 1 is 1.44 bits per heavy atom. The summed E-state index contributed by atoms with van der Waals surface area (Å²) in [5.74, 6) is 0.232. The van der Waals surface area contributed by atoms with E-state index in [1.54, 1.807) is 6.07 Å². The van der Waals surface area contributed by atoms with E-state index in [2.05, 4.69) is 0 Å². The van der Waals surface area contributed by atoms with Gasteiger partial charge in [-0.25, -0.2) is 8.42 Å². The molecule has 0 saturated carbocycles. The van der Waals surface area contributed by atoms with Gasteiger partial charge in [0.05, 0.1) is 0 Å². The van der Waals surface area contributed by atoms with Gasteiger partial charge in [0.2, 0.25) is 0 Å². The Hall–Kier alpha value is -0.140. The molecule has 0 aliphatic carbocycles. The number of aryl methyl sites for hydroxylation is 1. The van der Waals surface area contributed by atoms with Crippen LogP contribution in [-0.4, -0.2) is 31.9 Å². The highest BCUT2D eigenvalue weighted by Crippen LogP contribution is 2.28. The molecular formula is C11H19ClN2O2S2. The van der Waals surface area contributed by atoms with Crippen LogP contribution in [0.1, 0.15) is 18.7 Å². The molecule has 2 rings (SSSR count). The summed E-state index contributed by atoms with van der Waals surface area (Å²) in [6, 6.07) is 3.54. The molecule has 0 bridgehead atoms. The van der Waals surface area contributed by atoms with E-state index in [0.29, 0.717) is 17.3 Å². The molecule has 0 aromatic carbocycles. The van der Waals surface area contributed by atoms with Crippen molar-refractivity contribution in [2.45, 2.75) is 30.5 Å². The van der Waals surface area contributed by atoms with E-state index in [1.807, 2.05) is 19.9 Å². The van der Waals surface area contributed by atoms with Gasteiger partial charge in [0.25, 0.3) is 10.0 Å². The van der Waals surface area contributed by atoms with Crippen molar-refractivity contribution in [3.8, 4) is 0 Å².